The van der Waals surface area contributed by atoms with Crippen LogP contribution in [0.5, 0.6) is 0 Å². The normalized spacial score (nSPS) is 16.1. The molecule has 0 unspecified atom stereocenters. The quantitative estimate of drug-likeness (QED) is 0.653. The number of rotatable bonds is 5. The van der Waals surface area contributed by atoms with E-state index in [1.807, 2.05) is 24.7 Å². The van der Waals surface area contributed by atoms with Gasteiger partial charge < -0.3 is 15.3 Å². The molecule has 4 rings (SSSR count). The van der Waals surface area contributed by atoms with Crippen LogP contribution in [-0.4, -0.2) is 43.5 Å². The van der Waals surface area contributed by atoms with Crippen LogP contribution in [0.25, 0.3) is 16.6 Å². The van der Waals surface area contributed by atoms with E-state index in [0.717, 1.165) is 60.3 Å². The molecule has 1 aliphatic heterocycles. The third kappa shape index (κ3) is 3.89. The van der Waals surface area contributed by atoms with Crippen molar-refractivity contribution >= 4 is 33.9 Å². The highest BCUT2D eigenvalue weighted by Crippen LogP contribution is 2.31. The molecule has 7 nitrogen and oxygen atoms in total. The number of piperidine rings is 1. The Labute approximate surface area is 177 Å². The predicted octanol–water partition coefficient (Wildman–Crippen LogP) is 4.42. The lowest BCUT2D eigenvalue weighted by Gasteiger charge is -2.37. The van der Waals surface area contributed by atoms with Crippen LogP contribution in [0.4, 0.5) is 17.3 Å². The molecule has 0 amide bonds. The van der Waals surface area contributed by atoms with E-state index in [4.69, 9.17) is 4.98 Å². The van der Waals surface area contributed by atoms with Gasteiger partial charge in [-0.15, -0.1) is 0 Å². The molecule has 1 aromatic carbocycles. The van der Waals surface area contributed by atoms with E-state index in [1.165, 1.54) is 11.3 Å². The van der Waals surface area contributed by atoms with Crippen molar-refractivity contribution in [2.75, 3.05) is 23.3 Å². The van der Waals surface area contributed by atoms with E-state index in [1.54, 1.807) is 6.20 Å². The molecule has 30 heavy (non-hydrogen) atoms. The fourth-order valence-electron chi connectivity index (χ4n) is 3.93. The van der Waals surface area contributed by atoms with E-state index in [-0.39, 0.29) is 0 Å². The number of nitrogens with one attached hydrogen (secondary N) is 1. The smallest absolute Gasteiger partial charge is 0.227 e. The van der Waals surface area contributed by atoms with E-state index in [2.05, 4.69) is 52.9 Å². The molecule has 0 radical (unpaired) electrons. The second-order valence-electron chi connectivity index (χ2n) is 8.48. The molecule has 1 aliphatic rings. The second kappa shape index (κ2) is 7.72. The minimum Gasteiger partial charge on any atom is -0.390 e. The van der Waals surface area contributed by atoms with Gasteiger partial charge in [-0.2, -0.15) is 5.10 Å². The molecule has 0 aliphatic carbocycles. The van der Waals surface area contributed by atoms with Gasteiger partial charge in [0.05, 0.1) is 28.7 Å². The minimum atomic E-state index is -0.564. The summed E-state index contributed by atoms with van der Waals surface area (Å²) >= 11 is 0. The molecule has 3 aromatic rings. The number of aromatic nitrogens is 4. The van der Waals surface area contributed by atoms with E-state index >= 15 is 0 Å². The Morgan fingerprint density at radius 3 is 2.67 bits per heavy atom. The lowest BCUT2D eigenvalue weighted by atomic mass is 9.93. The summed E-state index contributed by atoms with van der Waals surface area (Å²) in [7, 11) is 0. The summed E-state index contributed by atoms with van der Waals surface area (Å²) in [5, 5.41) is 19.0. The zero-order chi connectivity index (χ0) is 21.5. The average molecular weight is 407 g/mol. The summed E-state index contributed by atoms with van der Waals surface area (Å²) in [6.07, 6.45) is 6.01. The molecule has 2 aromatic heterocycles. The Morgan fingerprint density at radius 2 is 1.97 bits per heavy atom. The zero-order valence-corrected chi connectivity index (χ0v) is 18.2. The number of fused-ring (bicyclic) bond motifs is 1. The van der Waals surface area contributed by atoms with Crippen molar-refractivity contribution in [2.45, 2.75) is 52.6 Å². The molecule has 1 fully saturated rings. The maximum atomic E-state index is 10.3. The van der Waals surface area contributed by atoms with Gasteiger partial charge in [0.2, 0.25) is 5.95 Å². The second-order valence-corrected chi connectivity index (χ2v) is 8.48. The summed E-state index contributed by atoms with van der Waals surface area (Å²) in [4.78, 5) is 11.6. The number of allylic oxidation sites excluding steroid dienone is 1. The lowest BCUT2D eigenvalue weighted by molar-refractivity contribution is 0.0351. The van der Waals surface area contributed by atoms with Gasteiger partial charge in [-0.25, -0.2) is 14.6 Å². The first-order valence-electron chi connectivity index (χ1n) is 10.5. The van der Waals surface area contributed by atoms with Crippen LogP contribution >= 0.6 is 0 Å². The van der Waals surface area contributed by atoms with Crippen LogP contribution in [0, 0.1) is 13.8 Å². The van der Waals surface area contributed by atoms with Crippen LogP contribution in [0.15, 0.2) is 31.1 Å². The van der Waals surface area contributed by atoms with Crippen molar-refractivity contribution in [1.82, 2.24) is 19.7 Å². The number of benzene rings is 1. The van der Waals surface area contributed by atoms with Crippen LogP contribution in [-0.2, 0) is 0 Å². The SMILES string of the molecule is C=C(CC)n1ncc(Nc2ncc3cc(C)c(N4CCC(C)(O)CC4)cc3n2)c1C. The van der Waals surface area contributed by atoms with Crippen LogP contribution in [0.2, 0.25) is 0 Å². The highest BCUT2D eigenvalue weighted by atomic mass is 16.3. The van der Waals surface area contributed by atoms with Crippen molar-refractivity contribution in [3.8, 4) is 0 Å². The highest BCUT2D eigenvalue weighted by molar-refractivity contribution is 5.84. The minimum absolute atomic E-state index is 0.545. The van der Waals surface area contributed by atoms with Crippen molar-refractivity contribution in [3.63, 3.8) is 0 Å². The first kappa shape index (κ1) is 20.3. The summed E-state index contributed by atoms with van der Waals surface area (Å²) in [5.41, 5.74) is 5.50. The molecule has 0 saturated carbocycles. The van der Waals surface area contributed by atoms with E-state index in [0.29, 0.717) is 5.95 Å². The number of hydrogen-bond donors (Lipinski definition) is 2. The third-order valence-electron chi connectivity index (χ3n) is 6.04. The van der Waals surface area contributed by atoms with Gasteiger partial charge in [-0.3, -0.25) is 0 Å². The van der Waals surface area contributed by atoms with Gasteiger partial charge in [0.15, 0.2) is 0 Å². The first-order valence-corrected chi connectivity index (χ1v) is 10.5. The number of aliphatic hydroxyl groups is 1. The molecule has 1 saturated heterocycles. The summed E-state index contributed by atoms with van der Waals surface area (Å²) < 4.78 is 1.84. The summed E-state index contributed by atoms with van der Waals surface area (Å²) in [6.45, 7) is 13.8. The largest absolute Gasteiger partial charge is 0.390 e. The van der Waals surface area contributed by atoms with Crippen molar-refractivity contribution in [2.24, 2.45) is 0 Å². The van der Waals surface area contributed by atoms with Crippen molar-refractivity contribution < 1.29 is 5.11 Å². The van der Waals surface area contributed by atoms with Gasteiger partial charge in [0.1, 0.15) is 0 Å². The maximum Gasteiger partial charge on any atom is 0.227 e. The standard InChI is InChI=1S/C23H30N6O/c1-6-16(3)29-17(4)20(14-25-29)27-22-24-13-18-11-15(2)21(12-19(18)26-22)28-9-7-23(5,30)8-10-28/h11-14,30H,3,6-10H2,1-2,4-5H3,(H,24,26,27). The molecule has 3 heterocycles. The lowest BCUT2D eigenvalue weighted by Crippen LogP contribution is -2.42. The van der Waals surface area contributed by atoms with E-state index in [9.17, 15) is 5.11 Å². The van der Waals surface area contributed by atoms with Crippen LogP contribution < -0.4 is 10.2 Å². The zero-order valence-electron chi connectivity index (χ0n) is 18.2. The van der Waals surface area contributed by atoms with Gasteiger partial charge in [-0.1, -0.05) is 13.5 Å². The molecular formula is C23H30N6O. The monoisotopic (exact) mass is 406 g/mol. The number of aryl methyl sites for hydroxylation is 1. The number of anilines is 3. The van der Waals surface area contributed by atoms with Crippen LogP contribution in [0.3, 0.4) is 0 Å². The Bertz CT molecular complexity index is 1090. The van der Waals surface area contributed by atoms with Gasteiger partial charge in [0.25, 0.3) is 0 Å². The Morgan fingerprint density at radius 1 is 1.23 bits per heavy atom. The van der Waals surface area contributed by atoms with Crippen molar-refractivity contribution in [3.05, 3.63) is 42.4 Å². The predicted molar refractivity (Wildman–Crippen MR) is 122 cm³/mol. The summed E-state index contributed by atoms with van der Waals surface area (Å²) in [6, 6.07) is 4.27. The molecule has 0 spiro atoms. The molecule has 0 bridgehead atoms. The molecule has 0 atom stereocenters. The molecule has 2 N–H and O–H groups in total. The Kier molecular flexibility index (Phi) is 5.24. The van der Waals surface area contributed by atoms with E-state index < -0.39 is 5.60 Å². The first-order chi connectivity index (χ1) is 14.3. The molecule has 7 heteroatoms. The topological polar surface area (TPSA) is 79.1 Å². The Balaban J connectivity index is 1.62. The van der Waals surface area contributed by atoms with Gasteiger partial charge >= 0.3 is 0 Å². The third-order valence-corrected chi connectivity index (χ3v) is 6.04. The van der Waals surface area contributed by atoms with Gasteiger partial charge in [0, 0.05) is 36.1 Å². The number of hydrogen-bond acceptors (Lipinski definition) is 6. The van der Waals surface area contributed by atoms with Gasteiger partial charge in [-0.05, 0) is 57.7 Å². The fraction of sp³-hybridized carbons (Fsp3) is 0.435. The Hall–Kier alpha value is -2.93. The molecule has 158 valence electrons. The average Bonchev–Trinajstić information content (AvgIpc) is 3.07. The molecular weight excluding hydrogens is 376 g/mol. The summed E-state index contributed by atoms with van der Waals surface area (Å²) in [5.74, 6) is 0.545. The fourth-order valence-corrected chi connectivity index (χ4v) is 3.93. The maximum absolute atomic E-state index is 10.3. The van der Waals surface area contributed by atoms with Crippen molar-refractivity contribution in [1.29, 1.82) is 0 Å². The van der Waals surface area contributed by atoms with Crippen LogP contribution in [0.1, 0.15) is 44.4 Å². The number of nitrogens with zero attached hydrogens (tertiary/aromatic N) is 5. The highest BCUT2D eigenvalue weighted by Gasteiger charge is 2.28.